The lowest BCUT2D eigenvalue weighted by Gasteiger charge is -2.12. The van der Waals surface area contributed by atoms with Gasteiger partial charge in [-0.2, -0.15) is 10.5 Å². The fourth-order valence-corrected chi connectivity index (χ4v) is 6.89. The normalized spacial score (nSPS) is 11.3. The van der Waals surface area contributed by atoms with Gasteiger partial charge in [-0.05, 0) is 75.8 Å². The fourth-order valence-electron chi connectivity index (χ4n) is 6.89. The Balaban J connectivity index is 1.13. The molecule has 0 saturated heterocycles. The van der Waals surface area contributed by atoms with Gasteiger partial charge < -0.3 is 8.83 Å². The largest absolute Gasteiger partial charge is 0.455 e. The highest BCUT2D eigenvalue weighted by atomic mass is 16.3. The molecule has 0 saturated carbocycles. The second kappa shape index (κ2) is 10.9. The molecule has 0 aliphatic heterocycles. The van der Waals surface area contributed by atoms with Gasteiger partial charge >= 0.3 is 0 Å². The summed E-state index contributed by atoms with van der Waals surface area (Å²) in [6.07, 6.45) is 0. The van der Waals surface area contributed by atoms with E-state index >= 15 is 0 Å². The molecule has 0 unspecified atom stereocenters. The molecule has 0 atom stereocenters. The topological polar surface area (TPSA) is 73.9 Å². The van der Waals surface area contributed by atoms with Gasteiger partial charge in [-0.15, -0.1) is 0 Å². The lowest BCUT2D eigenvalue weighted by molar-refractivity contribution is 0.669. The first kappa shape index (κ1) is 27.4. The molecule has 222 valence electrons. The van der Waals surface area contributed by atoms with E-state index in [1.165, 1.54) is 0 Å². The minimum absolute atomic E-state index is 0.510. The molecule has 7 aromatic carbocycles. The average molecular weight is 613 g/mol. The van der Waals surface area contributed by atoms with Crippen LogP contribution in [-0.2, 0) is 0 Å². The van der Waals surface area contributed by atoms with Crippen LogP contribution >= 0.6 is 0 Å². The van der Waals surface area contributed by atoms with Crippen molar-refractivity contribution in [3.8, 4) is 56.6 Å². The highest BCUT2D eigenvalue weighted by Crippen LogP contribution is 2.40. The molecule has 0 radical (unpaired) electrons. The molecule has 0 aliphatic rings. The van der Waals surface area contributed by atoms with Crippen LogP contribution < -0.4 is 0 Å². The highest BCUT2D eigenvalue weighted by molar-refractivity contribution is 6.10. The number of para-hydroxylation sites is 4. The number of furan rings is 2. The Labute approximate surface area is 275 Å². The van der Waals surface area contributed by atoms with Crippen molar-refractivity contribution in [1.82, 2.24) is 0 Å². The highest BCUT2D eigenvalue weighted by Gasteiger charge is 2.16. The monoisotopic (exact) mass is 612 g/mol. The zero-order valence-corrected chi connectivity index (χ0v) is 25.6. The molecule has 0 fully saturated rings. The maximum atomic E-state index is 10.4. The smallest absolute Gasteiger partial charge is 0.143 e. The van der Waals surface area contributed by atoms with Gasteiger partial charge in [-0.25, -0.2) is 0 Å². The third-order valence-corrected chi connectivity index (χ3v) is 9.14. The minimum Gasteiger partial charge on any atom is -0.455 e. The summed E-state index contributed by atoms with van der Waals surface area (Å²) in [4.78, 5) is 0. The van der Waals surface area contributed by atoms with E-state index in [0.717, 1.165) is 88.4 Å². The zero-order chi connectivity index (χ0) is 32.2. The summed E-state index contributed by atoms with van der Waals surface area (Å²) in [6, 6.07) is 53.1. The molecule has 2 heterocycles. The number of nitrogens with zero attached hydrogens (tertiary/aromatic N) is 2. The van der Waals surface area contributed by atoms with Gasteiger partial charge in [-0.3, -0.25) is 0 Å². The summed E-state index contributed by atoms with van der Waals surface area (Å²) in [5, 5.41) is 24.6. The summed E-state index contributed by atoms with van der Waals surface area (Å²) < 4.78 is 12.6. The van der Waals surface area contributed by atoms with E-state index in [-0.39, 0.29) is 0 Å². The van der Waals surface area contributed by atoms with Crippen LogP contribution in [0.3, 0.4) is 0 Å². The van der Waals surface area contributed by atoms with Crippen molar-refractivity contribution < 1.29 is 8.83 Å². The van der Waals surface area contributed by atoms with E-state index in [2.05, 4.69) is 66.7 Å². The van der Waals surface area contributed by atoms with Crippen LogP contribution in [0, 0.1) is 22.7 Å². The van der Waals surface area contributed by atoms with Gasteiger partial charge in [0.1, 0.15) is 22.3 Å². The van der Waals surface area contributed by atoms with Crippen LogP contribution in [0.4, 0.5) is 0 Å². The van der Waals surface area contributed by atoms with Crippen LogP contribution in [0.5, 0.6) is 0 Å². The lowest BCUT2D eigenvalue weighted by atomic mass is 9.91. The van der Waals surface area contributed by atoms with Crippen molar-refractivity contribution in [3.05, 3.63) is 157 Å². The van der Waals surface area contributed by atoms with Crippen molar-refractivity contribution in [2.24, 2.45) is 0 Å². The predicted octanol–water partition coefficient (Wildman–Crippen LogP) is 11.9. The number of benzene rings is 7. The van der Waals surface area contributed by atoms with Crippen LogP contribution in [0.25, 0.3) is 88.4 Å². The van der Waals surface area contributed by atoms with Crippen molar-refractivity contribution >= 4 is 43.9 Å². The molecule has 9 aromatic rings. The fraction of sp³-hybridized carbons (Fsp3) is 0. The second-order valence-electron chi connectivity index (χ2n) is 11.9. The van der Waals surface area contributed by atoms with Crippen molar-refractivity contribution in [2.45, 2.75) is 0 Å². The maximum absolute atomic E-state index is 10.4. The first-order chi connectivity index (χ1) is 23.7. The van der Waals surface area contributed by atoms with Crippen molar-refractivity contribution in [2.75, 3.05) is 0 Å². The average Bonchev–Trinajstić information content (AvgIpc) is 3.73. The quantitative estimate of drug-likeness (QED) is 0.198. The summed E-state index contributed by atoms with van der Waals surface area (Å²) in [5.74, 6) is 0. The molecule has 0 N–H and O–H groups in total. The molecule has 4 heteroatoms. The Kier molecular flexibility index (Phi) is 6.22. The first-order valence-electron chi connectivity index (χ1n) is 15.7. The Morgan fingerprint density at radius 2 is 0.896 bits per heavy atom. The van der Waals surface area contributed by atoms with E-state index in [1.807, 2.05) is 91.0 Å². The Morgan fingerprint density at radius 3 is 1.54 bits per heavy atom. The molecular formula is C44H24N2O2. The summed E-state index contributed by atoms with van der Waals surface area (Å²) in [5.41, 5.74) is 11.6. The number of nitriles is 2. The van der Waals surface area contributed by atoms with E-state index in [9.17, 15) is 10.5 Å². The second-order valence-corrected chi connectivity index (χ2v) is 11.9. The lowest BCUT2D eigenvalue weighted by Crippen LogP contribution is -1.90. The van der Waals surface area contributed by atoms with Crippen molar-refractivity contribution in [1.29, 1.82) is 10.5 Å². The third-order valence-electron chi connectivity index (χ3n) is 9.14. The molecular weight excluding hydrogens is 588 g/mol. The van der Waals surface area contributed by atoms with Gasteiger partial charge in [0.05, 0.1) is 23.3 Å². The van der Waals surface area contributed by atoms with Crippen LogP contribution in [0.1, 0.15) is 11.1 Å². The number of rotatable bonds is 4. The SMILES string of the molecule is N#Cc1cc(-c2ccc(-c3cccc(-c4cccc5c4oc4ccccc45)c3)cc2C#N)cc(-c2cccc3c2oc2ccccc23)c1. The van der Waals surface area contributed by atoms with Crippen LogP contribution in [-0.4, -0.2) is 0 Å². The summed E-state index contributed by atoms with van der Waals surface area (Å²) >= 11 is 0. The van der Waals surface area contributed by atoms with Gasteiger partial charge in [0, 0.05) is 32.7 Å². The van der Waals surface area contributed by atoms with Gasteiger partial charge in [-0.1, -0.05) is 103 Å². The number of fused-ring (bicyclic) bond motifs is 6. The van der Waals surface area contributed by atoms with E-state index in [4.69, 9.17) is 8.83 Å². The zero-order valence-electron chi connectivity index (χ0n) is 25.6. The standard InChI is InChI=1S/C44H24N2O2/c45-25-27-20-31(24-32(21-27)36-13-7-15-40-38-11-2-4-17-42(38)48-44(36)40)34-19-18-29(23-33(34)26-46)28-8-5-9-30(22-28)35-12-6-14-39-37-10-1-3-16-41(37)47-43(35)39/h1-24H. The molecule has 0 bridgehead atoms. The minimum atomic E-state index is 0.510. The van der Waals surface area contributed by atoms with Crippen molar-refractivity contribution in [3.63, 3.8) is 0 Å². The summed E-state index contributed by atoms with van der Waals surface area (Å²) in [7, 11) is 0. The maximum Gasteiger partial charge on any atom is 0.143 e. The number of hydrogen-bond acceptors (Lipinski definition) is 4. The molecule has 2 aromatic heterocycles. The Bertz CT molecular complexity index is 2820. The van der Waals surface area contributed by atoms with Gasteiger partial charge in [0.15, 0.2) is 0 Å². The van der Waals surface area contributed by atoms with Gasteiger partial charge in [0.25, 0.3) is 0 Å². The van der Waals surface area contributed by atoms with Gasteiger partial charge in [0.2, 0.25) is 0 Å². The molecule has 48 heavy (non-hydrogen) atoms. The number of hydrogen-bond donors (Lipinski definition) is 0. The summed E-state index contributed by atoms with van der Waals surface area (Å²) in [6.45, 7) is 0. The van der Waals surface area contributed by atoms with Crippen LogP contribution in [0.15, 0.2) is 154 Å². The molecule has 4 nitrogen and oxygen atoms in total. The Hall–Kier alpha value is -6.88. The predicted molar refractivity (Wildman–Crippen MR) is 192 cm³/mol. The molecule has 9 rings (SSSR count). The molecule has 0 amide bonds. The van der Waals surface area contributed by atoms with E-state index in [1.54, 1.807) is 0 Å². The Morgan fingerprint density at radius 1 is 0.375 bits per heavy atom. The van der Waals surface area contributed by atoms with Crippen LogP contribution in [0.2, 0.25) is 0 Å². The van der Waals surface area contributed by atoms with E-state index in [0.29, 0.717) is 11.1 Å². The first-order valence-corrected chi connectivity index (χ1v) is 15.7. The van der Waals surface area contributed by atoms with E-state index < -0.39 is 0 Å². The third kappa shape index (κ3) is 4.36. The molecule has 0 aliphatic carbocycles. The molecule has 0 spiro atoms.